The first-order chi connectivity index (χ1) is 17.0. The first-order valence-corrected chi connectivity index (χ1v) is 12.5. The van der Waals surface area contributed by atoms with Gasteiger partial charge in [-0.3, -0.25) is 0 Å². The third-order valence-electron chi connectivity index (χ3n) is 6.83. The van der Waals surface area contributed by atoms with Crippen molar-refractivity contribution >= 4 is 11.6 Å². The van der Waals surface area contributed by atoms with Crippen LogP contribution in [-0.4, -0.2) is 35.6 Å². The first-order valence-electron chi connectivity index (χ1n) is 12.1. The van der Waals surface area contributed by atoms with E-state index in [2.05, 4.69) is 25.1 Å². The molecule has 2 N–H and O–H groups in total. The number of rotatable bonds is 7. The zero-order valence-electron chi connectivity index (χ0n) is 19.8. The van der Waals surface area contributed by atoms with Crippen molar-refractivity contribution in [1.82, 2.24) is 0 Å². The standard InChI is InChI=1S/C29H31ClO5/c1-18-2-8-26-22(10-18)16-34-29(26)17-33-24-6-3-19(4-7-24)11-21-12-20(5-9-27(21)30)28-14-23(32)13-25(15-31)35-28/h2-10,12,23,25,28-29,31-32H,11,13-17H2,1H3/t23-,25-,28+,29-/m0/s1. The Hall–Kier alpha value is -2.41. The van der Waals surface area contributed by atoms with Crippen LogP contribution in [0.2, 0.25) is 5.02 Å². The maximum atomic E-state index is 10.2. The van der Waals surface area contributed by atoms with Gasteiger partial charge in [0.1, 0.15) is 18.5 Å². The predicted octanol–water partition coefficient (Wildman–Crippen LogP) is 5.46. The summed E-state index contributed by atoms with van der Waals surface area (Å²) in [6.07, 6.45) is 0.517. The predicted molar refractivity (Wildman–Crippen MR) is 135 cm³/mol. The van der Waals surface area contributed by atoms with Crippen LogP contribution in [0, 0.1) is 6.92 Å². The first kappa shape index (κ1) is 24.3. The van der Waals surface area contributed by atoms with E-state index in [9.17, 15) is 10.2 Å². The van der Waals surface area contributed by atoms with Crippen LogP contribution in [0.1, 0.15) is 58.4 Å². The van der Waals surface area contributed by atoms with E-state index in [0.717, 1.165) is 22.4 Å². The van der Waals surface area contributed by atoms with E-state index in [0.29, 0.717) is 37.5 Å². The Balaban J connectivity index is 1.22. The zero-order valence-corrected chi connectivity index (χ0v) is 20.6. The molecule has 5 rings (SSSR count). The molecule has 0 unspecified atom stereocenters. The average Bonchev–Trinajstić information content (AvgIpc) is 3.26. The van der Waals surface area contributed by atoms with E-state index in [1.165, 1.54) is 16.7 Å². The monoisotopic (exact) mass is 494 g/mol. The number of aliphatic hydroxyl groups excluding tert-OH is 2. The number of ether oxygens (including phenoxy) is 3. The average molecular weight is 495 g/mol. The Morgan fingerprint density at radius 2 is 1.86 bits per heavy atom. The number of aryl methyl sites for hydroxylation is 1. The highest BCUT2D eigenvalue weighted by Gasteiger charge is 2.29. The van der Waals surface area contributed by atoms with E-state index in [1.54, 1.807) is 0 Å². The highest BCUT2D eigenvalue weighted by atomic mass is 35.5. The van der Waals surface area contributed by atoms with Gasteiger partial charge in [-0.1, -0.05) is 59.6 Å². The van der Waals surface area contributed by atoms with Crippen molar-refractivity contribution in [2.75, 3.05) is 13.2 Å². The normalized spacial score (nSPS) is 23.8. The van der Waals surface area contributed by atoms with Gasteiger partial charge in [0, 0.05) is 17.9 Å². The summed E-state index contributed by atoms with van der Waals surface area (Å²) in [6.45, 7) is 3.11. The van der Waals surface area contributed by atoms with Crippen LogP contribution in [-0.2, 0) is 22.5 Å². The second-order valence-corrected chi connectivity index (χ2v) is 9.95. The molecule has 1 saturated heterocycles. The molecule has 35 heavy (non-hydrogen) atoms. The zero-order chi connectivity index (χ0) is 24.4. The van der Waals surface area contributed by atoms with E-state index >= 15 is 0 Å². The third-order valence-corrected chi connectivity index (χ3v) is 7.20. The Labute approximate surface area is 211 Å². The molecule has 0 saturated carbocycles. The van der Waals surface area contributed by atoms with Crippen LogP contribution in [0.25, 0.3) is 0 Å². The van der Waals surface area contributed by atoms with Crippen molar-refractivity contribution in [3.63, 3.8) is 0 Å². The molecule has 5 nitrogen and oxygen atoms in total. The van der Waals surface area contributed by atoms with Crippen molar-refractivity contribution in [3.8, 4) is 5.75 Å². The summed E-state index contributed by atoms with van der Waals surface area (Å²) in [5.74, 6) is 0.803. The lowest BCUT2D eigenvalue weighted by molar-refractivity contribution is -0.113. The molecule has 1 fully saturated rings. The summed E-state index contributed by atoms with van der Waals surface area (Å²) >= 11 is 6.51. The van der Waals surface area contributed by atoms with Gasteiger partial charge in [0.15, 0.2) is 0 Å². The molecule has 0 amide bonds. The fourth-order valence-corrected chi connectivity index (χ4v) is 5.12. The van der Waals surface area contributed by atoms with E-state index in [1.807, 2.05) is 42.5 Å². The highest BCUT2D eigenvalue weighted by molar-refractivity contribution is 6.31. The maximum Gasteiger partial charge on any atom is 0.119 e. The van der Waals surface area contributed by atoms with Crippen LogP contribution in [0.5, 0.6) is 5.75 Å². The van der Waals surface area contributed by atoms with Gasteiger partial charge in [0.25, 0.3) is 0 Å². The number of aliphatic hydroxyl groups is 2. The quantitative estimate of drug-likeness (QED) is 0.456. The molecular weight excluding hydrogens is 464 g/mol. The second-order valence-electron chi connectivity index (χ2n) is 9.54. The molecule has 3 aromatic rings. The SMILES string of the molecule is Cc1ccc2c(c1)CO[C@H]2COc1ccc(Cc2cc([C@H]3C[C@@H](O)C[C@@H](CO)O3)ccc2Cl)cc1. The number of hydrogen-bond acceptors (Lipinski definition) is 5. The summed E-state index contributed by atoms with van der Waals surface area (Å²) in [7, 11) is 0. The molecule has 3 aromatic carbocycles. The summed E-state index contributed by atoms with van der Waals surface area (Å²) in [4.78, 5) is 0. The topological polar surface area (TPSA) is 68.2 Å². The van der Waals surface area contributed by atoms with Crippen LogP contribution in [0.15, 0.2) is 60.7 Å². The molecule has 0 radical (unpaired) electrons. The number of benzene rings is 3. The molecule has 2 aliphatic heterocycles. The summed E-state index contributed by atoms with van der Waals surface area (Å²) < 4.78 is 17.9. The van der Waals surface area contributed by atoms with Gasteiger partial charge in [-0.05, 0) is 59.4 Å². The Bertz CT molecular complexity index is 1160. The third kappa shape index (κ3) is 5.71. The minimum Gasteiger partial charge on any atom is -0.491 e. The fraction of sp³-hybridized carbons (Fsp3) is 0.379. The lowest BCUT2D eigenvalue weighted by atomic mass is 9.94. The molecule has 0 aliphatic carbocycles. The lowest BCUT2D eigenvalue weighted by Crippen LogP contribution is -2.33. The van der Waals surface area contributed by atoms with Gasteiger partial charge in [0.05, 0.1) is 31.5 Å². The smallest absolute Gasteiger partial charge is 0.119 e. The molecule has 0 spiro atoms. The van der Waals surface area contributed by atoms with Crippen LogP contribution >= 0.6 is 11.6 Å². The number of fused-ring (bicyclic) bond motifs is 1. The molecule has 0 aromatic heterocycles. The summed E-state index contributed by atoms with van der Waals surface area (Å²) in [6, 6.07) is 20.3. The minimum absolute atomic E-state index is 0.0437. The molecule has 184 valence electrons. The maximum absolute atomic E-state index is 10.2. The van der Waals surface area contributed by atoms with Crippen molar-refractivity contribution in [2.45, 2.75) is 57.2 Å². The van der Waals surface area contributed by atoms with Gasteiger partial charge < -0.3 is 24.4 Å². The van der Waals surface area contributed by atoms with Gasteiger partial charge in [-0.2, -0.15) is 0 Å². The highest BCUT2D eigenvalue weighted by Crippen LogP contribution is 2.34. The Kier molecular flexibility index (Phi) is 7.42. The van der Waals surface area contributed by atoms with Gasteiger partial charge in [-0.15, -0.1) is 0 Å². The van der Waals surface area contributed by atoms with Crippen LogP contribution < -0.4 is 4.74 Å². The molecule has 2 heterocycles. The van der Waals surface area contributed by atoms with Gasteiger partial charge in [0.2, 0.25) is 0 Å². The number of halogens is 1. The van der Waals surface area contributed by atoms with Gasteiger partial charge >= 0.3 is 0 Å². The molecule has 6 heteroatoms. The van der Waals surface area contributed by atoms with Crippen molar-refractivity contribution in [1.29, 1.82) is 0 Å². The summed E-state index contributed by atoms with van der Waals surface area (Å²) in [5.41, 5.74) is 6.78. The van der Waals surface area contributed by atoms with Crippen molar-refractivity contribution in [3.05, 3.63) is 99.1 Å². The van der Waals surface area contributed by atoms with Crippen molar-refractivity contribution < 1.29 is 24.4 Å². The largest absolute Gasteiger partial charge is 0.491 e. The van der Waals surface area contributed by atoms with Crippen molar-refractivity contribution in [2.24, 2.45) is 0 Å². The minimum atomic E-state index is -0.482. The number of hydrogen-bond donors (Lipinski definition) is 2. The lowest BCUT2D eigenvalue weighted by Gasteiger charge is -2.32. The second kappa shape index (κ2) is 10.7. The Morgan fingerprint density at radius 1 is 1.03 bits per heavy atom. The molecular formula is C29H31ClO5. The van der Waals surface area contributed by atoms with E-state index in [-0.39, 0.29) is 24.9 Å². The van der Waals surface area contributed by atoms with E-state index < -0.39 is 6.10 Å². The molecule has 2 aliphatic rings. The summed E-state index contributed by atoms with van der Waals surface area (Å²) in [5, 5.41) is 20.3. The van der Waals surface area contributed by atoms with Crippen LogP contribution in [0.3, 0.4) is 0 Å². The van der Waals surface area contributed by atoms with E-state index in [4.69, 9.17) is 25.8 Å². The molecule has 4 atom stereocenters. The van der Waals surface area contributed by atoms with Gasteiger partial charge in [-0.25, -0.2) is 0 Å². The Morgan fingerprint density at radius 3 is 2.66 bits per heavy atom. The van der Waals surface area contributed by atoms with Crippen LogP contribution in [0.4, 0.5) is 0 Å². The molecule has 0 bridgehead atoms. The fourth-order valence-electron chi connectivity index (χ4n) is 4.94.